The zero-order valence-electron chi connectivity index (χ0n) is 18.7. The summed E-state index contributed by atoms with van der Waals surface area (Å²) in [4.78, 5) is 28.1. The number of oxazole rings is 2. The predicted octanol–water partition coefficient (Wildman–Crippen LogP) is 1.46. The van der Waals surface area contributed by atoms with E-state index >= 15 is 0 Å². The number of aliphatic hydroxyl groups excluding tert-OH is 1. The van der Waals surface area contributed by atoms with Gasteiger partial charge in [-0.25, -0.2) is 9.97 Å². The number of aromatic nitrogens is 2. The Bertz CT molecular complexity index is 1430. The van der Waals surface area contributed by atoms with Crippen molar-refractivity contribution in [1.82, 2.24) is 15.2 Å². The summed E-state index contributed by atoms with van der Waals surface area (Å²) >= 11 is 0. The number of benzene rings is 2. The second-order valence-electron chi connectivity index (χ2n) is 6.67. The molecule has 0 atom stereocenters. The number of nitro benzene ring substituents is 2. The van der Waals surface area contributed by atoms with E-state index in [4.69, 9.17) is 29.4 Å². The van der Waals surface area contributed by atoms with Gasteiger partial charge in [0.1, 0.15) is 11.0 Å². The van der Waals surface area contributed by atoms with Crippen molar-refractivity contribution in [3.05, 3.63) is 68.4 Å². The monoisotopic (exact) mass is 496 g/mol. The standard InChI is InChI=1S/C9H10BN3O4.C8H7N3O3.C2HBO2/c1-10(14)11-5-9-12-7-4-6(13(15)16)2-3-8(7)17-9;9-4-8-10-6-3-5(11(12)13)1-2-7(6)14-8;4-2-1-3-5/h2-4,11,14H,5H2,1H3;1-3H,4,9H2;4H. The fourth-order valence-corrected chi connectivity index (χ4v) is 2.58. The molecule has 2 aromatic carbocycles. The normalized spacial score (nSPS) is 9.64. The first-order valence-electron chi connectivity index (χ1n) is 9.96. The summed E-state index contributed by atoms with van der Waals surface area (Å²) in [6, 6.07) is 8.46. The van der Waals surface area contributed by atoms with Gasteiger partial charge in [0.25, 0.3) is 11.4 Å². The minimum absolute atomic E-state index is 0.00521. The van der Waals surface area contributed by atoms with E-state index in [0.29, 0.717) is 41.1 Å². The molecule has 0 aliphatic carbocycles. The van der Waals surface area contributed by atoms with E-state index in [1.807, 2.05) is 0 Å². The summed E-state index contributed by atoms with van der Waals surface area (Å²) in [6.07, 6.45) is 1.40. The Morgan fingerprint density at radius 1 is 1.06 bits per heavy atom. The molecule has 0 amide bonds. The molecule has 0 spiro atoms. The molecule has 0 fully saturated rings. The molecule has 0 unspecified atom stereocenters. The molecule has 4 aromatic rings. The van der Waals surface area contributed by atoms with Crippen LogP contribution < -0.4 is 11.0 Å². The zero-order valence-corrected chi connectivity index (χ0v) is 18.7. The van der Waals surface area contributed by atoms with Crippen LogP contribution in [0.3, 0.4) is 0 Å². The van der Waals surface area contributed by atoms with Crippen molar-refractivity contribution in [2.24, 2.45) is 5.73 Å². The molecular weight excluding hydrogens is 478 g/mol. The van der Waals surface area contributed by atoms with Gasteiger partial charge in [-0.15, -0.1) is 0 Å². The van der Waals surface area contributed by atoms with Crippen LogP contribution >= 0.6 is 0 Å². The number of rotatable bonds is 6. The van der Waals surface area contributed by atoms with Crippen molar-refractivity contribution in [3.63, 3.8) is 0 Å². The predicted molar refractivity (Wildman–Crippen MR) is 126 cm³/mol. The maximum atomic E-state index is 10.6. The average molecular weight is 496 g/mol. The molecule has 5 N–H and O–H groups in total. The molecule has 0 bridgehead atoms. The van der Waals surface area contributed by atoms with Gasteiger partial charge < -0.3 is 24.8 Å². The molecule has 4 rings (SSSR count). The molecular formula is C19H18B2N6O9. The third kappa shape index (κ3) is 7.99. The van der Waals surface area contributed by atoms with Gasteiger partial charge in [0, 0.05) is 24.3 Å². The first-order chi connectivity index (χ1) is 17.2. The van der Waals surface area contributed by atoms with Crippen LogP contribution in [0.25, 0.3) is 22.2 Å². The van der Waals surface area contributed by atoms with E-state index in [1.54, 1.807) is 12.6 Å². The second-order valence-corrected chi connectivity index (χ2v) is 6.67. The summed E-state index contributed by atoms with van der Waals surface area (Å²) < 4.78 is 19.6. The van der Waals surface area contributed by atoms with Crippen molar-refractivity contribution < 1.29 is 33.5 Å². The molecule has 0 saturated heterocycles. The van der Waals surface area contributed by atoms with Crippen LogP contribution in [-0.4, -0.2) is 44.1 Å². The van der Waals surface area contributed by atoms with Crippen LogP contribution in [-0.2, 0) is 17.8 Å². The van der Waals surface area contributed by atoms with Crippen LogP contribution in [0.2, 0.25) is 6.82 Å². The zero-order chi connectivity index (χ0) is 26.7. The third-order valence-corrected chi connectivity index (χ3v) is 4.10. The van der Waals surface area contributed by atoms with Crippen molar-refractivity contribution in [2.75, 3.05) is 0 Å². The molecule has 0 radical (unpaired) electrons. The molecule has 0 aliphatic heterocycles. The fraction of sp³-hybridized carbons (Fsp3) is 0.158. The first kappa shape index (κ1) is 27.6. The van der Waals surface area contributed by atoms with E-state index in [2.05, 4.69) is 15.2 Å². The SMILES string of the molecule is CB(O)NCc1nc2cc([N+](=O)[O-])ccc2o1.NCc1nc2cc([N+](=O)[O-])ccc2o1.O=BC#CO. The number of nitrogens with one attached hydrogen (secondary N) is 1. The van der Waals surface area contributed by atoms with Crippen LogP contribution in [0.15, 0.2) is 45.2 Å². The number of nitro groups is 2. The molecule has 17 heteroatoms. The van der Waals surface area contributed by atoms with E-state index in [-0.39, 0.29) is 24.5 Å². The summed E-state index contributed by atoms with van der Waals surface area (Å²) in [6.45, 7) is 2.02. The molecule has 2 aromatic heterocycles. The molecule has 184 valence electrons. The van der Waals surface area contributed by atoms with Gasteiger partial charge in [-0.05, 0) is 19.0 Å². The quantitative estimate of drug-likeness (QED) is 0.128. The second kappa shape index (κ2) is 13.3. The Kier molecular flexibility index (Phi) is 10.2. The number of hydrogen-bond acceptors (Lipinski definition) is 13. The van der Waals surface area contributed by atoms with Gasteiger partial charge in [0.05, 0.1) is 22.9 Å². The topological polar surface area (TPSA) is 234 Å². The van der Waals surface area contributed by atoms with Crippen LogP contribution in [0.5, 0.6) is 0 Å². The van der Waals surface area contributed by atoms with Gasteiger partial charge in [-0.1, -0.05) is 0 Å². The van der Waals surface area contributed by atoms with Crippen molar-refractivity contribution in [2.45, 2.75) is 19.9 Å². The number of nitrogens with two attached hydrogens (primary N) is 1. The molecule has 36 heavy (non-hydrogen) atoms. The molecule has 0 saturated carbocycles. The van der Waals surface area contributed by atoms with E-state index < -0.39 is 16.9 Å². The maximum absolute atomic E-state index is 10.6. The van der Waals surface area contributed by atoms with Gasteiger partial charge in [0.2, 0.25) is 11.8 Å². The fourth-order valence-electron chi connectivity index (χ4n) is 2.58. The summed E-state index contributed by atoms with van der Waals surface area (Å²) in [7, 11) is -0.348. The Balaban J connectivity index is 0.000000217. The van der Waals surface area contributed by atoms with E-state index in [9.17, 15) is 20.2 Å². The summed E-state index contributed by atoms with van der Waals surface area (Å²) in [5, 5.41) is 40.2. The Morgan fingerprint density at radius 2 is 1.56 bits per heavy atom. The molecule has 0 aliphatic rings. The van der Waals surface area contributed by atoms with Crippen molar-refractivity contribution in [3.8, 4) is 11.9 Å². The number of non-ortho nitro benzene ring substituents is 2. The first-order valence-corrected chi connectivity index (χ1v) is 9.96. The molecule has 15 nitrogen and oxygen atoms in total. The average Bonchev–Trinajstić information content (AvgIpc) is 3.46. The van der Waals surface area contributed by atoms with Gasteiger partial charge >= 0.3 is 35.9 Å². The van der Waals surface area contributed by atoms with Crippen molar-refractivity contribution >= 4 is 47.8 Å². The van der Waals surface area contributed by atoms with E-state index in [0.717, 1.165) is 0 Å². The van der Waals surface area contributed by atoms with E-state index in [1.165, 1.54) is 42.5 Å². The number of nitrogens with zero attached hydrogens (tertiary/aromatic N) is 4. The Labute approximate surface area is 203 Å². The third-order valence-electron chi connectivity index (χ3n) is 4.10. The van der Waals surface area contributed by atoms with Crippen LogP contribution in [0.1, 0.15) is 11.8 Å². The number of fused-ring (bicyclic) bond motifs is 2. The van der Waals surface area contributed by atoms with Crippen LogP contribution in [0, 0.1) is 32.2 Å². The Hall–Kier alpha value is -4.65. The summed E-state index contributed by atoms with van der Waals surface area (Å²) in [5.41, 5.74) is 7.17. The minimum atomic E-state index is -0.667. The van der Waals surface area contributed by atoms with Gasteiger partial charge in [0.15, 0.2) is 11.2 Å². The number of hydrogen-bond donors (Lipinski definition) is 4. The van der Waals surface area contributed by atoms with Crippen LogP contribution in [0.4, 0.5) is 11.4 Å². The van der Waals surface area contributed by atoms with Gasteiger partial charge in [-0.2, -0.15) is 0 Å². The van der Waals surface area contributed by atoms with Crippen molar-refractivity contribution in [1.29, 1.82) is 0 Å². The summed E-state index contributed by atoms with van der Waals surface area (Å²) in [5.74, 6) is 2.49. The van der Waals surface area contributed by atoms with Gasteiger partial charge in [-0.3, -0.25) is 20.2 Å². The number of aliphatic hydroxyl groups is 1. The Morgan fingerprint density at radius 3 is 1.94 bits per heavy atom. The molecule has 2 heterocycles.